The lowest BCUT2D eigenvalue weighted by Gasteiger charge is -2.09. The molecule has 2 rings (SSSR count). The highest BCUT2D eigenvalue weighted by molar-refractivity contribution is 7.91. The van der Waals surface area contributed by atoms with E-state index in [0.29, 0.717) is 5.69 Å². The average Bonchev–Trinajstić information content (AvgIpc) is 2.54. The fourth-order valence-corrected chi connectivity index (χ4v) is 3.46. The highest BCUT2D eigenvalue weighted by Gasteiger charge is 2.17. The molecule has 0 atom stereocenters. The molecule has 0 saturated heterocycles. The third-order valence-electron chi connectivity index (χ3n) is 3.23. The summed E-state index contributed by atoms with van der Waals surface area (Å²) in [4.78, 5) is 2.56. The number of sulfone groups is 1. The first-order valence-corrected chi connectivity index (χ1v) is 10.1. The number of anilines is 1. The molecular formula is C15H18N2O4S2. The lowest BCUT2D eigenvalue weighted by atomic mass is 10.2. The number of sulfonamides is 1. The SMILES string of the molecule is CCS(=O)(=O)NNc1ccc(S(=O)(=O)c2ccc(C)cc2)cc1. The predicted octanol–water partition coefficient (Wildman–Crippen LogP) is 2.09. The van der Waals surface area contributed by atoms with Crippen molar-refractivity contribution < 1.29 is 16.8 Å². The van der Waals surface area contributed by atoms with Crippen LogP contribution in [-0.2, 0) is 19.9 Å². The first-order valence-electron chi connectivity index (χ1n) is 6.92. The third kappa shape index (κ3) is 4.31. The summed E-state index contributed by atoms with van der Waals surface area (Å²) >= 11 is 0. The molecule has 0 bridgehead atoms. The molecular weight excluding hydrogens is 336 g/mol. The molecule has 0 saturated carbocycles. The van der Waals surface area contributed by atoms with Gasteiger partial charge in [0.05, 0.1) is 15.5 Å². The molecule has 0 radical (unpaired) electrons. The Hall–Kier alpha value is -1.90. The minimum atomic E-state index is -3.59. The molecule has 124 valence electrons. The maximum atomic E-state index is 12.5. The monoisotopic (exact) mass is 354 g/mol. The van der Waals surface area contributed by atoms with E-state index in [-0.39, 0.29) is 15.5 Å². The van der Waals surface area contributed by atoms with Crippen LogP contribution >= 0.6 is 0 Å². The molecule has 0 aliphatic heterocycles. The van der Waals surface area contributed by atoms with Gasteiger partial charge in [0.1, 0.15) is 0 Å². The van der Waals surface area contributed by atoms with Crippen molar-refractivity contribution in [2.45, 2.75) is 23.6 Å². The number of hydrogen-bond acceptors (Lipinski definition) is 5. The van der Waals surface area contributed by atoms with Gasteiger partial charge in [0.15, 0.2) is 0 Å². The molecule has 2 aromatic rings. The summed E-state index contributed by atoms with van der Waals surface area (Å²) in [7, 11) is -6.97. The summed E-state index contributed by atoms with van der Waals surface area (Å²) < 4.78 is 47.7. The molecule has 0 aliphatic rings. The molecule has 23 heavy (non-hydrogen) atoms. The summed E-state index contributed by atoms with van der Waals surface area (Å²) in [6.45, 7) is 3.40. The number of nitrogens with one attached hydrogen (secondary N) is 2. The van der Waals surface area contributed by atoms with Gasteiger partial charge >= 0.3 is 0 Å². The second-order valence-electron chi connectivity index (χ2n) is 4.97. The summed E-state index contributed by atoms with van der Waals surface area (Å²) in [5.41, 5.74) is 3.96. The van der Waals surface area contributed by atoms with Gasteiger partial charge in [-0.15, -0.1) is 4.83 Å². The van der Waals surface area contributed by atoms with Crippen molar-refractivity contribution in [2.24, 2.45) is 0 Å². The zero-order chi connectivity index (χ0) is 17.1. The average molecular weight is 354 g/mol. The Labute approximate surface area is 136 Å². The van der Waals surface area contributed by atoms with Crippen LogP contribution in [0.4, 0.5) is 5.69 Å². The van der Waals surface area contributed by atoms with Gasteiger partial charge in [0, 0.05) is 5.69 Å². The Bertz CT molecular complexity index is 872. The molecule has 0 aliphatic carbocycles. The largest absolute Gasteiger partial charge is 0.308 e. The van der Waals surface area contributed by atoms with Crippen LogP contribution < -0.4 is 10.3 Å². The van der Waals surface area contributed by atoms with Gasteiger partial charge in [-0.05, 0) is 50.2 Å². The van der Waals surface area contributed by atoms with Crippen molar-refractivity contribution in [3.8, 4) is 0 Å². The van der Waals surface area contributed by atoms with Crippen LogP contribution in [0.15, 0.2) is 58.3 Å². The Morgan fingerprint density at radius 3 is 1.78 bits per heavy atom. The van der Waals surface area contributed by atoms with E-state index in [1.54, 1.807) is 24.3 Å². The van der Waals surface area contributed by atoms with Crippen molar-refractivity contribution in [3.05, 3.63) is 54.1 Å². The van der Waals surface area contributed by atoms with Gasteiger partial charge < -0.3 is 5.43 Å². The third-order valence-corrected chi connectivity index (χ3v) is 6.19. The maximum Gasteiger partial charge on any atom is 0.228 e. The number of benzene rings is 2. The minimum absolute atomic E-state index is 0.0557. The molecule has 0 amide bonds. The van der Waals surface area contributed by atoms with Crippen LogP contribution in [0.5, 0.6) is 0 Å². The molecule has 2 aromatic carbocycles. The van der Waals surface area contributed by atoms with Gasteiger partial charge in [-0.1, -0.05) is 17.7 Å². The Kier molecular flexibility index (Phi) is 5.08. The van der Waals surface area contributed by atoms with E-state index in [1.807, 2.05) is 6.92 Å². The van der Waals surface area contributed by atoms with Gasteiger partial charge in [-0.2, -0.15) is 0 Å². The number of hydrazine groups is 1. The summed E-state index contributed by atoms with van der Waals surface area (Å²) in [6.07, 6.45) is 0. The zero-order valence-electron chi connectivity index (χ0n) is 12.8. The summed E-state index contributed by atoms with van der Waals surface area (Å²) in [5.74, 6) is -0.0557. The highest BCUT2D eigenvalue weighted by atomic mass is 32.2. The van der Waals surface area contributed by atoms with E-state index in [2.05, 4.69) is 10.3 Å². The van der Waals surface area contributed by atoms with Crippen molar-refractivity contribution in [3.63, 3.8) is 0 Å². The van der Waals surface area contributed by atoms with Crippen molar-refractivity contribution in [1.29, 1.82) is 0 Å². The van der Waals surface area contributed by atoms with Crippen LogP contribution in [0.25, 0.3) is 0 Å². The summed E-state index contributed by atoms with van der Waals surface area (Å²) in [5, 5.41) is 0. The Morgan fingerprint density at radius 2 is 1.30 bits per heavy atom. The topological polar surface area (TPSA) is 92.3 Å². The van der Waals surface area contributed by atoms with Crippen LogP contribution in [0.1, 0.15) is 12.5 Å². The van der Waals surface area contributed by atoms with Crippen LogP contribution in [0.2, 0.25) is 0 Å². The molecule has 0 heterocycles. The lowest BCUT2D eigenvalue weighted by Crippen LogP contribution is -2.30. The normalized spacial score (nSPS) is 12.1. The molecule has 6 nitrogen and oxygen atoms in total. The Morgan fingerprint density at radius 1 is 0.826 bits per heavy atom. The number of hydrogen-bond donors (Lipinski definition) is 2. The molecule has 2 N–H and O–H groups in total. The second kappa shape index (κ2) is 6.69. The zero-order valence-corrected chi connectivity index (χ0v) is 14.4. The van der Waals surface area contributed by atoms with Crippen molar-refractivity contribution >= 4 is 25.5 Å². The summed E-state index contributed by atoms with van der Waals surface area (Å²) in [6, 6.07) is 12.5. The first kappa shape index (κ1) is 17.5. The van der Waals surface area contributed by atoms with E-state index in [9.17, 15) is 16.8 Å². The smallest absolute Gasteiger partial charge is 0.228 e. The van der Waals surface area contributed by atoms with Gasteiger partial charge in [-0.25, -0.2) is 16.8 Å². The fraction of sp³-hybridized carbons (Fsp3) is 0.200. The van der Waals surface area contributed by atoms with E-state index < -0.39 is 19.9 Å². The van der Waals surface area contributed by atoms with E-state index >= 15 is 0 Å². The predicted molar refractivity (Wildman–Crippen MR) is 89.3 cm³/mol. The quantitative estimate of drug-likeness (QED) is 0.775. The molecule has 0 aromatic heterocycles. The van der Waals surface area contributed by atoms with E-state index in [0.717, 1.165) is 5.56 Å². The van der Waals surface area contributed by atoms with Gasteiger partial charge in [0.2, 0.25) is 19.9 Å². The number of aryl methyl sites for hydroxylation is 1. The lowest BCUT2D eigenvalue weighted by molar-refractivity contribution is 0.588. The molecule has 8 heteroatoms. The van der Waals surface area contributed by atoms with Gasteiger partial charge in [0.25, 0.3) is 0 Å². The van der Waals surface area contributed by atoms with Crippen LogP contribution in [0, 0.1) is 6.92 Å². The minimum Gasteiger partial charge on any atom is -0.308 e. The van der Waals surface area contributed by atoms with E-state index in [1.165, 1.54) is 31.2 Å². The second-order valence-corrected chi connectivity index (χ2v) is 8.93. The fourth-order valence-electron chi connectivity index (χ4n) is 1.78. The molecule has 0 unspecified atom stereocenters. The first-order chi connectivity index (χ1) is 10.7. The van der Waals surface area contributed by atoms with Crippen molar-refractivity contribution in [2.75, 3.05) is 11.2 Å². The molecule has 0 spiro atoms. The maximum absolute atomic E-state index is 12.5. The molecule has 0 fully saturated rings. The van der Waals surface area contributed by atoms with E-state index in [4.69, 9.17) is 0 Å². The highest BCUT2D eigenvalue weighted by Crippen LogP contribution is 2.22. The van der Waals surface area contributed by atoms with Gasteiger partial charge in [-0.3, -0.25) is 0 Å². The van der Waals surface area contributed by atoms with Crippen molar-refractivity contribution in [1.82, 2.24) is 4.83 Å². The standard InChI is InChI=1S/C15H18N2O4S2/c1-3-22(18,19)17-16-13-6-10-15(11-7-13)23(20,21)14-8-4-12(2)5-9-14/h4-11,16-17H,3H2,1-2H3. The van der Waals surface area contributed by atoms with Crippen LogP contribution in [-0.4, -0.2) is 22.6 Å². The Balaban J connectivity index is 2.20. The van der Waals surface area contributed by atoms with Crippen LogP contribution in [0.3, 0.4) is 0 Å². The number of rotatable bonds is 6.